The maximum Gasteiger partial charge on any atom is 0.258 e. The molecule has 0 unspecified atom stereocenters. The van der Waals surface area contributed by atoms with Crippen LogP contribution in [0.3, 0.4) is 0 Å². The molecule has 0 fully saturated rings. The number of phenols is 1. The largest absolute Gasteiger partial charge is 0.507 e. The SMILES string of the molecule is O=c1[nH]c(Cc2ccc(-c3ccccn3)c(O)c2)nc2ccccc12. The molecular formula is C20H15N3O2. The van der Waals surface area contributed by atoms with E-state index < -0.39 is 0 Å². The van der Waals surface area contributed by atoms with Gasteiger partial charge in [0.2, 0.25) is 0 Å². The van der Waals surface area contributed by atoms with Crippen LogP contribution >= 0.6 is 0 Å². The van der Waals surface area contributed by atoms with Crippen molar-refractivity contribution in [3.63, 3.8) is 0 Å². The smallest absolute Gasteiger partial charge is 0.258 e. The Labute approximate surface area is 143 Å². The van der Waals surface area contributed by atoms with Crippen LogP contribution in [0, 0.1) is 0 Å². The van der Waals surface area contributed by atoms with Crippen LogP contribution in [0.15, 0.2) is 71.7 Å². The molecule has 0 saturated carbocycles. The third-order valence-corrected chi connectivity index (χ3v) is 4.04. The van der Waals surface area contributed by atoms with Gasteiger partial charge in [-0.1, -0.05) is 24.3 Å². The topological polar surface area (TPSA) is 78.9 Å². The van der Waals surface area contributed by atoms with E-state index in [1.165, 1.54) is 0 Å². The first kappa shape index (κ1) is 15.1. The van der Waals surface area contributed by atoms with Crippen LogP contribution in [0.25, 0.3) is 22.2 Å². The van der Waals surface area contributed by atoms with E-state index in [0.717, 1.165) is 5.56 Å². The number of aromatic hydroxyl groups is 1. The van der Waals surface area contributed by atoms with Crippen LogP contribution in [0.2, 0.25) is 0 Å². The summed E-state index contributed by atoms with van der Waals surface area (Å²) >= 11 is 0. The monoisotopic (exact) mass is 329 g/mol. The summed E-state index contributed by atoms with van der Waals surface area (Å²) in [5.74, 6) is 0.716. The number of aromatic amines is 1. The molecule has 2 N–H and O–H groups in total. The molecule has 122 valence electrons. The lowest BCUT2D eigenvalue weighted by Crippen LogP contribution is -2.12. The average molecular weight is 329 g/mol. The molecule has 0 aliphatic rings. The van der Waals surface area contributed by atoms with Crippen molar-refractivity contribution in [3.8, 4) is 17.0 Å². The van der Waals surface area contributed by atoms with Crippen molar-refractivity contribution in [3.05, 3.63) is 88.6 Å². The molecule has 0 spiro atoms. The molecule has 4 aromatic rings. The highest BCUT2D eigenvalue weighted by molar-refractivity contribution is 5.77. The number of pyridine rings is 1. The molecule has 4 rings (SSSR count). The van der Waals surface area contributed by atoms with Gasteiger partial charge in [-0.25, -0.2) is 4.98 Å². The van der Waals surface area contributed by atoms with Crippen molar-refractivity contribution >= 4 is 10.9 Å². The Kier molecular flexibility index (Phi) is 3.74. The molecule has 0 aliphatic carbocycles. The summed E-state index contributed by atoms with van der Waals surface area (Å²) in [5, 5.41) is 10.9. The van der Waals surface area contributed by atoms with Crippen molar-refractivity contribution in [2.75, 3.05) is 0 Å². The predicted octanol–water partition coefficient (Wildman–Crippen LogP) is 3.28. The van der Waals surface area contributed by atoms with Crippen molar-refractivity contribution < 1.29 is 5.11 Å². The molecule has 5 heteroatoms. The Morgan fingerprint density at radius 2 is 1.84 bits per heavy atom. The summed E-state index contributed by atoms with van der Waals surface area (Å²) in [5.41, 5.74) is 2.74. The van der Waals surface area contributed by atoms with Crippen LogP contribution in [0.4, 0.5) is 0 Å². The number of nitrogens with zero attached hydrogens (tertiary/aromatic N) is 2. The molecule has 0 amide bonds. The maximum atomic E-state index is 12.1. The second kappa shape index (κ2) is 6.20. The van der Waals surface area contributed by atoms with E-state index in [1.807, 2.05) is 48.5 Å². The van der Waals surface area contributed by atoms with Crippen LogP contribution in [-0.2, 0) is 6.42 Å². The molecule has 0 bridgehead atoms. The lowest BCUT2D eigenvalue weighted by molar-refractivity contribution is 0.476. The minimum Gasteiger partial charge on any atom is -0.507 e. The van der Waals surface area contributed by atoms with Gasteiger partial charge in [-0.05, 0) is 42.0 Å². The van der Waals surface area contributed by atoms with E-state index in [2.05, 4.69) is 15.0 Å². The second-order valence-electron chi connectivity index (χ2n) is 5.77. The molecule has 0 atom stereocenters. The summed E-state index contributed by atoms with van der Waals surface area (Å²) in [6.07, 6.45) is 2.11. The molecule has 2 aromatic carbocycles. The van der Waals surface area contributed by atoms with Crippen LogP contribution in [-0.4, -0.2) is 20.1 Å². The highest BCUT2D eigenvalue weighted by atomic mass is 16.3. The fourth-order valence-corrected chi connectivity index (χ4v) is 2.84. The Bertz CT molecular complexity index is 1100. The van der Waals surface area contributed by atoms with Gasteiger partial charge in [-0.15, -0.1) is 0 Å². The average Bonchev–Trinajstić information content (AvgIpc) is 2.63. The summed E-state index contributed by atoms with van der Waals surface area (Å²) in [4.78, 5) is 23.7. The number of fused-ring (bicyclic) bond motifs is 1. The zero-order valence-electron chi connectivity index (χ0n) is 13.3. The molecule has 25 heavy (non-hydrogen) atoms. The van der Waals surface area contributed by atoms with Crippen molar-refractivity contribution in [2.24, 2.45) is 0 Å². The lowest BCUT2D eigenvalue weighted by atomic mass is 10.0. The van der Waals surface area contributed by atoms with Gasteiger partial charge >= 0.3 is 0 Å². The van der Waals surface area contributed by atoms with Crippen molar-refractivity contribution in [1.29, 1.82) is 0 Å². The fourth-order valence-electron chi connectivity index (χ4n) is 2.84. The molecule has 2 heterocycles. The highest BCUT2D eigenvalue weighted by Gasteiger charge is 2.09. The quantitative estimate of drug-likeness (QED) is 0.604. The van der Waals surface area contributed by atoms with Gasteiger partial charge in [-0.2, -0.15) is 0 Å². The first-order valence-electron chi connectivity index (χ1n) is 7.92. The molecule has 0 aliphatic heterocycles. The number of hydrogen-bond donors (Lipinski definition) is 2. The first-order chi connectivity index (χ1) is 12.2. The van der Waals surface area contributed by atoms with Crippen LogP contribution in [0.1, 0.15) is 11.4 Å². The normalized spacial score (nSPS) is 10.9. The van der Waals surface area contributed by atoms with Crippen molar-refractivity contribution in [1.82, 2.24) is 15.0 Å². The zero-order valence-corrected chi connectivity index (χ0v) is 13.3. The Balaban J connectivity index is 1.68. The highest BCUT2D eigenvalue weighted by Crippen LogP contribution is 2.28. The number of hydrogen-bond acceptors (Lipinski definition) is 4. The number of nitrogens with one attached hydrogen (secondary N) is 1. The predicted molar refractivity (Wildman–Crippen MR) is 96.5 cm³/mol. The van der Waals surface area contributed by atoms with Crippen LogP contribution < -0.4 is 5.56 Å². The summed E-state index contributed by atoms with van der Waals surface area (Å²) in [6, 6.07) is 18.2. The standard InChI is InChI=1S/C20H15N3O2/c24-18-11-13(8-9-14(18)16-6-3-4-10-21-16)12-19-22-17-7-2-1-5-15(17)20(25)23-19/h1-11,24H,12H2,(H,22,23,25). The van der Waals surface area contributed by atoms with Gasteiger partial charge in [-0.3, -0.25) is 9.78 Å². The molecule has 0 saturated heterocycles. The minimum atomic E-state index is -0.157. The molecule has 2 aromatic heterocycles. The number of rotatable bonds is 3. The number of para-hydroxylation sites is 1. The molecule has 0 radical (unpaired) electrons. The van der Waals surface area contributed by atoms with Gasteiger partial charge in [0.05, 0.1) is 16.6 Å². The number of benzene rings is 2. The summed E-state index contributed by atoms with van der Waals surface area (Å²) in [7, 11) is 0. The number of phenolic OH excluding ortho intramolecular Hbond substituents is 1. The summed E-state index contributed by atoms with van der Waals surface area (Å²) < 4.78 is 0. The number of H-pyrrole nitrogens is 1. The van der Waals surface area contributed by atoms with Crippen molar-refractivity contribution in [2.45, 2.75) is 6.42 Å². The van der Waals surface area contributed by atoms with E-state index in [0.29, 0.717) is 34.4 Å². The van der Waals surface area contributed by atoms with E-state index in [9.17, 15) is 9.90 Å². The van der Waals surface area contributed by atoms with Gasteiger partial charge in [0.25, 0.3) is 5.56 Å². The van der Waals surface area contributed by atoms with E-state index in [1.54, 1.807) is 18.3 Å². The number of aromatic nitrogens is 3. The maximum absolute atomic E-state index is 12.1. The second-order valence-corrected chi connectivity index (χ2v) is 5.77. The van der Waals surface area contributed by atoms with Gasteiger partial charge in [0.15, 0.2) is 0 Å². The lowest BCUT2D eigenvalue weighted by Gasteiger charge is -2.07. The van der Waals surface area contributed by atoms with Crippen LogP contribution in [0.5, 0.6) is 5.75 Å². The zero-order chi connectivity index (χ0) is 17.2. The molecule has 5 nitrogen and oxygen atoms in total. The Hall–Kier alpha value is -3.47. The minimum absolute atomic E-state index is 0.152. The molecular weight excluding hydrogens is 314 g/mol. The van der Waals surface area contributed by atoms with Gasteiger partial charge < -0.3 is 10.1 Å². The summed E-state index contributed by atoms with van der Waals surface area (Å²) in [6.45, 7) is 0. The Morgan fingerprint density at radius 3 is 2.64 bits per heavy atom. The Morgan fingerprint density at radius 1 is 1.00 bits per heavy atom. The van der Waals surface area contributed by atoms with Gasteiger partial charge in [0.1, 0.15) is 11.6 Å². The van der Waals surface area contributed by atoms with E-state index in [4.69, 9.17) is 0 Å². The first-order valence-corrected chi connectivity index (χ1v) is 7.92. The van der Waals surface area contributed by atoms with Gasteiger partial charge in [0, 0.05) is 18.2 Å². The van der Waals surface area contributed by atoms with E-state index >= 15 is 0 Å². The fraction of sp³-hybridized carbons (Fsp3) is 0.0500. The third-order valence-electron chi connectivity index (χ3n) is 4.04. The third kappa shape index (κ3) is 2.99. The van der Waals surface area contributed by atoms with E-state index in [-0.39, 0.29) is 11.3 Å².